The normalized spacial score (nSPS) is 20.1. The van der Waals surface area contributed by atoms with Crippen LogP contribution in [-0.2, 0) is 15.0 Å². The van der Waals surface area contributed by atoms with Gasteiger partial charge in [-0.3, -0.25) is 4.79 Å². The molecular formula is C26H29F3N4O3S. The molecule has 0 unspecified atom stereocenters. The van der Waals surface area contributed by atoms with Gasteiger partial charge in [-0.25, -0.2) is 22.6 Å². The quantitative estimate of drug-likeness (QED) is 0.341. The van der Waals surface area contributed by atoms with Crippen molar-refractivity contribution in [3.8, 4) is 11.3 Å². The van der Waals surface area contributed by atoms with Gasteiger partial charge in [0.2, 0.25) is 5.91 Å². The van der Waals surface area contributed by atoms with Gasteiger partial charge >= 0.3 is 0 Å². The van der Waals surface area contributed by atoms with Crippen molar-refractivity contribution in [2.24, 2.45) is 5.92 Å². The van der Waals surface area contributed by atoms with Gasteiger partial charge in [0.15, 0.2) is 0 Å². The van der Waals surface area contributed by atoms with Gasteiger partial charge in [0, 0.05) is 44.1 Å². The number of carbonyl (C=O) groups is 1. The summed E-state index contributed by atoms with van der Waals surface area (Å²) in [6.07, 6.45) is 3.22. The van der Waals surface area contributed by atoms with Crippen molar-refractivity contribution < 1.29 is 26.4 Å². The summed E-state index contributed by atoms with van der Waals surface area (Å²) in [6, 6.07) is 7.94. The Kier molecular flexibility index (Phi) is 7.28. The molecular weight excluding hydrogens is 505 g/mol. The number of amides is 1. The topological polar surface area (TPSA) is 94.3 Å². The van der Waals surface area contributed by atoms with E-state index in [-0.39, 0.29) is 36.3 Å². The third-order valence-corrected chi connectivity index (χ3v) is 8.40. The summed E-state index contributed by atoms with van der Waals surface area (Å²) in [5.74, 6) is -1.63. The molecule has 0 spiro atoms. The number of nitrogens with zero attached hydrogens (tertiary/aromatic N) is 1. The third kappa shape index (κ3) is 5.68. The van der Waals surface area contributed by atoms with E-state index >= 15 is 0 Å². The molecule has 1 saturated heterocycles. The van der Waals surface area contributed by atoms with Gasteiger partial charge in [-0.2, -0.15) is 8.42 Å². The summed E-state index contributed by atoms with van der Waals surface area (Å²) >= 11 is 0. The van der Waals surface area contributed by atoms with E-state index in [9.17, 15) is 26.4 Å². The first-order chi connectivity index (χ1) is 17.7. The van der Waals surface area contributed by atoms with Crippen molar-refractivity contribution in [1.29, 1.82) is 0 Å². The molecule has 0 bridgehead atoms. The predicted octanol–water partition coefficient (Wildman–Crippen LogP) is 4.18. The van der Waals surface area contributed by atoms with E-state index in [1.807, 2.05) is 0 Å². The molecule has 1 aromatic heterocycles. The monoisotopic (exact) mass is 534 g/mol. The lowest BCUT2D eigenvalue weighted by atomic mass is 9.70. The smallest absolute Gasteiger partial charge is 0.276 e. The van der Waals surface area contributed by atoms with Crippen molar-refractivity contribution in [2.75, 3.05) is 26.2 Å². The van der Waals surface area contributed by atoms with E-state index in [1.165, 1.54) is 18.2 Å². The number of benzene rings is 2. The molecule has 2 aromatic carbocycles. The van der Waals surface area contributed by atoms with Crippen molar-refractivity contribution >= 4 is 27.0 Å². The zero-order valence-electron chi connectivity index (χ0n) is 20.2. The fourth-order valence-electron chi connectivity index (χ4n) is 5.34. The van der Waals surface area contributed by atoms with Crippen LogP contribution >= 0.6 is 0 Å². The third-order valence-electron chi connectivity index (χ3n) is 7.27. The average Bonchev–Trinajstić information content (AvgIpc) is 3.40. The minimum Gasteiger partial charge on any atom is -0.352 e. The number of H-pyrrole nitrogens is 1. The summed E-state index contributed by atoms with van der Waals surface area (Å²) < 4.78 is 71.9. The molecule has 3 N–H and O–H groups in total. The van der Waals surface area contributed by atoms with E-state index in [0.717, 1.165) is 24.6 Å². The molecule has 11 heteroatoms. The van der Waals surface area contributed by atoms with E-state index in [2.05, 4.69) is 14.4 Å². The van der Waals surface area contributed by atoms with Gasteiger partial charge in [-0.1, -0.05) is 0 Å². The van der Waals surface area contributed by atoms with Crippen molar-refractivity contribution in [3.05, 3.63) is 59.4 Å². The minimum absolute atomic E-state index is 0.0320. The number of halogens is 3. The summed E-state index contributed by atoms with van der Waals surface area (Å²) in [5, 5.41) is 0.444. The van der Waals surface area contributed by atoms with Gasteiger partial charge in [-0.05, 0) is 79.0 Å². The number of likely N-dealkylation sites (tertiary alicyclic amines) is 1. The Labute approximate surface area is 213 Å². The van der Waals surface area contributed by atoms with Crippen molar-refractivity contribution in [3.63, 3.8) is 0 Å². The second kappa shape index (κ2) is 10.5. The number of hydrogen-bond acceptors (Lipinski definition) is 3. The molecule has 7 nitrogen and oxygen atoms in total. The Morgan fingerprint density at radius 3 is 2.49 bits per heavy atom. The predicted molar refractivity (Wildman–Crippen MR) is 134 cm³/mol. The van der Waals surface area contributed by atoms with E-state index < -0.39 is 27.7 Å². The zero-order valence-corrected chi connectivity index (χ0v) is 21.0. The number of rotatable bonds is 10. The molecule has 2 heterocycles. The summed E-state index contributed by atoms with van der Waals surface area (Å²) in [4.78, 5) is 16.4. The first-order valence-corrected chi connectivity index (χ1v) is 14.0. The highest BCUT2D eigenvalue weighted by Gasteiger charge is 2.35. The standard InChI is InChI=1S/C26H29F3N4O3S/c27-19-6-4-17(5-7-19)25-24(21-13-20(28)14-22(29)26(21)32-25)18-11-16(12-18)15-31-37(35,36)30-8-2-10-33-9-1-3-23(33)34/h4-7,13-14,16,18,30-32H,1-3,8-12,15H2. The first kappa shape index (κ1) is 25.7. The van der Waals surface area contributed by atoms with Crippen LogP contribution in [0.3, 0.4) is 0 Å². The fraction of sp³-hybridized carbons (Fsp3) is 0.423. The molecule has 198 valence electrons. The van der Waals surface area contributed by atoms with E-state index in [0.29, 0.717) is 48.9 Å². The maximum Gasteiger partial charge on any atom is 0.276 e. The van der Waals surface area contributed by atoms with Crippen LogP contribution in [0.2, 0.25) is 0 Å². The van der Waals surface area contributed by atoms with Gasteiger partial charge in [0.05, 0.1) is 11.2 Å². The molecule has 1 aliphatic carbocycles. The zero-order chi connectivity index (χ0) is 26.2. The molecule has 0 atom stereocenters. The average molecular weight is 535 g/mol. The van der Waals surface area contributed by atoms with Crippen LogP contribution in [0.5, 0.6) is 0 Å². The van der Waals surface area contributed by atoms with Gasteiger partial charge < -0.3 is 9.88 Å². The molecule has 3 aromatic rings. The Balaban J connectivity index is 1.21. The number of nitrogens with one attached hydrogen (secondary N) is 3. The number of fused-ring (bicyclic) bond motifs is 1. The lowest BCUT2D eigenvalue weighted by Gasteiger charge is -2.36. The summed E-state index contributed by atoms with van der Waals surface area (Å²) in [6.45, 7) is 1.74. The minimum atomic E-state index is -3.68. The van der Waals surface area contributed by atoms with Crippen LogP contribution in [0, 0.1) is 23.4 Å². The number of aromatic amines is 1. The van der Waals surface area contributed by atoms with Crippen molar-refractivity contribution in [2.45, 2.75) is 38.0 Å². The summed E-state index contributed by atoms with van der Waals surface area (Å²) in [5.41, 5.74) is 2.23. The molecule has 5 rings (SSSR count). The van der Waals surface area contributed by atoms with Gasteiger partial charge in [0.1, 0.15) is 17.5 Å². The Bertz CT molecular complexity index is 1400. The molecule has 2 aliphatic rings. The molecule has 2 fully saturated rings. The Hall–Kier alpha value is -2.89. The van der Waals surface area contributed by atoms with E-state index in [1.54, 1.807) is 17.0 Å². The molecule has 1 saturated carbocycles. The number of carbonyl (C=O) groups excluding carboxylic acids is 1. The van der Waals surface area contributed by atoms with E-state index in [4.69, 9.17) is 0 Å². The Morgan fingerprint density at radius 2 is 1.78 bits per heavy atom. The van der Waals surface area contributed by atoms with Crippen LogP contribution in [0.25, 0.3) is 22.2 Å². The Morgan fingerprint density at radius 1 is 1.03 bits per heavy atom. The highest BCUT2D eigenvalue weighted by atomic mass is 32.2. The van der Waals surface area contributed by atoms with Gasteiger partial charge in [0.25, 0.3) is 10.2 Å². The first-order valence-electron chi connectivity index (χ1n) is 12.5. The lowest BCUT2D eigenvalue weighted by molar-refractivity contribution is -0.127. The molecule has 1 aliphatic heterocycles. The molecule has 0 radical (unpaired) electrons. The van der Waals surface area contributed by atoms with Crippen LogP contribution < -0.4 is 9.44 Å². The highest BCUT2D eigenvalue weighted by Crippen LogP contribution is 2.48. The second-order valence-electron chi connectivity index (χ2n) is 9.85. The van der Waals surface area contributed by atoms with Crippen LogP contribution in [0.1, 0.15) is 43.6 Å². The number of aromatic nitrogens is 1. The largest absolute Gasteiger partial charge is 0.352 e. The fourth-order valence-corrected chi connectivity index (χ4v) is 6.31. The SMILES string of the molecule is O=C1CCCN1CCCNS(=O)(=O)NCC1CC(c2c(-c3ccc(F)cc3)[nH]c3c(F)cc(F)cc23)C1. The van der Waals surface area contributed by atoms with Crippen LogP contribution in [0.4, 0.5) is 13.2 Å². The van der Waals surface area contributed by atoms with Gasteiger partial charge in [-0.15, -0.1) is 0 Å². The number of hydrogen-bond donors (Lipinski definition) is 3. The van der Waals surface area contributed by atoms with Crippen LogP contribution in [0.15, 0.2) is 36.4 Å². The lowest BCUT2D eigenvalue weighted by Crippen LogP contribution is -2.42. The summed E-state index contributed by atoms with van der Waals surface area (Å²) in [7, 11) is -3.68. The maximum absolute atomic E-state index is 14.5. The second-order valence-corrected chi connectivity index (χ2v) is 11.4. The highest BCUT2D eigenvalue weighted by molar-refractivity contribution is 7.87. The molecule has 1 amide bonds. The molecule has 37 heavy (non-hydrogen) atoms. The maximum atomic E-state index is 14.5. The van der Waals surface area contributed by atoms with Crippen molar-refractivity contribution in [1.82, 2.24) is 19.3 Å². The van der Waals surface area contributed by atoms with Crippen LogP contribution in [-0.4, -0.2) is 50.4 Å².